The van der Waals surface area contributed by atoms with Crippen LogP contribution in [0, 0.1) is 0 Å². The van der Waals surface area contributed by atoms with Crippen molar-refractivity contribution in [2.75, 3.05) is 0 Å². The fourth-order valence-electron chi connectivity index (χ4n) is 0.710. The van der Waals surface area contributed by atoms with E-state index in [1.54, 1.807) is 0 Å². The Morgan fingerprint density at radius 1 is 0.900 bits per heavy atom. The molecule has 0 fully saturated rings. The van der Waals surface area contributed by atoms with E-state index in [9.17, 15) is 0 Å². The molecule has 0 aromatic carbocycles. The second-order valence-corrected chi connectivity index (χ2v) is 4.22. The maximum absolute atomic E-state index is 3.54. The summed E-state index contributed by atoms with van der Waals surface area (Å²) in [6.45, 7) is 4.38. The molecule has 0 radical (unpaired) electrons. The standard InChI is InChI=1S/C8H14Br2/c1-3-5-7(9)8(10)6-4-2/h3-6H2,1-2H3. The van der Waals surface area contributed by atoms with Crippen molar-refractivity contribution >= 4 is 31.9 Å². The lowest BCUT2D eigenvalue weighted by molar-refractivity contribution is 0.908. The Morgan fingerprint density at radius 3 is 1.40 bits per heavy atom. The normalized spacial score (nSPS) is 13.2. The first-order valence-electron chi connectivity index (χ1n) is 3.75. The summed E-state index contributed by atoms with van der Waals surface area (Å²) in [6.07, 6.45) is 4.72. The van der Waals surface area contributed by atoms with E-state index in [1.807, 2.05) is 0 Å². The van der Waals surface area contributed by atoms with E-state index < -0.39 is 0 Å². The van der Waals surface area contributed by atoms with E-state index >= 15 is 0 Å². The molecular formula is C8H14Br2. The highest BCUT2D eigenvalue weighted by atomic mass is 79.9. The van der Waals surface area contributed by atoms with Gasteiger partial charge < -0.3 is 0 Å². The second kappa shape index (κ2) is 6.41. The quantitative estimate of drug-likeness (QED) is 0.700. The van der Waals surface area contributed by atoms with E-state index in [4.69, 9.17) is 0 Å². The van der Waals surface area contributed by atoms with Crippen LogP contribution in [0.5, 0.6) is 0 Å². The fraction of sp³-hybridized carbons (Fsp3) is 0.750. The van der Waals surface area contributed by atoms with E-state index in [-0.39, 0.29) is 0 Å². The van der Waals surface area contributed by atoms with Gasteiger partial charge in [0, 0.05) is 8.96 Å². The van der Waals surface area contributed by atoms with Gasteiger partial charge in [-0.05, 0) is 12.8 Å². The maximum atomic E-state index is 3.54. The van der Waals surface area contributed by atoms with Crippen molar-refractivity contribution in [1.82, 2.24) is 0 Å². The molecule has 0 saturated heterocycles. The van der Waals surface area contributed by atoms with Crippen LogP contribution in [-0.4, -0.2) is 0 Å². The summed E-state index contributed by atoms with van der Waals surface area (Å²) >= 11 is 7.07. The van der Waals surface area contributed by atoms with Gasteiger partial charge in [-0.25, -0.2) is 0 Å². The first kappa shape index (κ1) is 10.7. The second-order valence-electron chi connectivity index (χ2n) is 2.31. The molecule has 10 heavy (non-hydrogen) atoms. The minimum atomic E-state index is 1.15. The van der Waals surface area contributed by atoms with Crippen LogP contribution in [0.1, 0.15) is 39.5 Å². The molecule has 60 valence electrons. The number of hydrogen-bond acceptors (Lipinski definition) is 0. The summed E-state index contributed by atoms with van der Waals surface area (Å²) in [5.74, 6) is 0. The van der Waals surface area contributed by atoms with Crippen molar-refractivity contribution in [1.29, 1.82) is 0 Å². The molecule has 0 aromatic heterocycles. The molecule has 0 nitrogen and oxygen atoms in total. The first-order chi connectivity index (χ1) is 4.72. The van der Waals surface area contributed by atoms with Crippen molar-refractivity contribution in [2.24, 2.45) is 0 Å². The van der Waals surface area contributed by atoms with Crippen molar-refractivity contribution in [2.45, 2.75) is 39.5 Å². The highest BCUT2D eigenvalue weighted by molar-refractivity contribution is 9.14. The predicted molar refractivity (Wildman–Crippen MR) is 54.7 cm³/mol. The number of allylic oxidation sites excluding steroid dienone is 2. The van der Waals surface area contributed by atoms with Crippen LogP contribution in [0.25, 0.3) is 0 Å². The molecule has 0 aromatic rings. The van der Waals surface area contributed by atoms with Crippen LogP contribution in [0.15, 0.2) is 8.96 Å². The highest BCUT2D eigenvalue weighted by Crippen LogP contribution is 2.25. The highest BCUT2D eigenvalue weighted by Gasteiger charge is 1.97. The van der Waals surface area contributed by atoms with Crippen molar-refractivity contribution in [3.05, 3.63) is 8.96 Å². The molecule has 0 aliphatic heterocycles. The molecule has 0 saturated carbocycles. The van der Waals surface area contributed by atoms with Gasteiger partial charge in [-0.1, -0.05) is 58.5 Å². The molecule has 0 bridgehead atoms. The molecule has 2 heteroatoms. The maximum Gasteiger partial charge on any atom is 0.00517 e. The van der Waals surface area contributed by atoms with Gasteiger partial charge in [-0.2, -0.15) is 0 Å². The summed E-state index contributed by atoms with van der Waals surface area (Å²) < 4.78 is 2.66. The molecule has 0 unspecified atom stereocenters. The fourth-order valence-corrected chi connectivity index (χ4v) is 1.90. The number of hydrogen-bond donors (Lipinski definition) is 0. The largest absolute Gasteiger partial charge is 0.0650 e. The molecule has 0 N–H and O–H groups in total. The lowest BCUT2D eigenvalue weighted by Gasteiger charge is -2.00. The summed E-state index contributed by atoms with van der Waals surface area (Å²) in [6, 6.07) is 0. The van der Waals surface area contributed by atoms with Gasteiger partial charge in [0.2, 0.25) is 0 Å². The monoisotopic (exact) mass is 268 g/mol. The average Bonchev–Trinajstić information content (AvgIpc) is 1.89. The molecule has 0 aliphatic rings. The summed E-state index contributed by atoms with van der Waals surface area (Å²) in [5.41, 5.74) is 0. The minimum Gasteiger partial charge on any atom is -0.0650 e. The Morgan fingerprint density at radius 2 is 1.20 bits per heavy atom. The summed E-state index contributed by atoms with van der Waals surface area (Å²) in [5, 5.41) is 0. The van der Waals surface area contributed by atoms with Gasteiger partial charge in [0.1, 0.15) is 0 Å². The molecule has 0 amide bonds. The zero-order valence-electron chi connectivity index (χ0n) is 6.58. The van der Waals surface area contributed by atoms with Crippen LogP contribution in [0.3, 0.4) is 0 Å². The molecular weight excluding hydrogens is 256 g/mol. The Bertz CT molecular complexity index is 102. The van der Waals surface area contributed by atoms with Crippen molar-refractivity contribution < 1.29 is 0 Å². The van der Waals surface area contributed by atoms with E-state index in [1.165, 1.54) is 21.8 Å². The van der Waals surface area contributed by atoms with E-state index in [2.05, 4.69) is 45.7 Å². The zero-order chi connectivity index (χ0) is 7.98. The van der Waals surface area contributed by atoms with Gasteiger partial charge in [0.25, 0.3) is 0 Å². The number of rotatable bonds is 4. The Hall–Kier alpha value is 0.700. The molecule has 0 aliphatic carbocycles. The van der Waals surface area contributed by atoms with Gasteiger partial charge in [-0.15, -0.1) is 0 Å². The third kappa shape index (κ3) is 4.51. The van der Waals surface area contributed by atoms with Crippen molar-refractivity contribution in [3.63, 3.8) is 0 Å². The Kier molecular flexibility index (Phi) is 6.86. The zero-order valence-corrected chi connectivity index (χ0v) is 9.76. The predicted octanol–water partition coefficient (Wildman–Crippen LogP) is 4.59. The lowest BCUT2D eigenvalue weighted by Crippen LogP contribution is -1.77. The van der Waals surface area contributed by atoms with Gasteiger partial charge >= 0.3 is 0 Å². The topological polar surface area (TPSA) is 0 Å². The van der Waals surface area contributed by atoms with Crippen LogP contribution in [0.4, 0.5) is 0 Å². The lowest BCUT2D eigenvalue weighted by atomic mass is 10.2. The summed E-state index contributed by atoms with van der Waals surface area (Å²) in [7, 11) is 0. The van der Waals surface area contributed by atoms with Gasteiger partial charge in [0.05, 0.1) is 0 Å². The minimum absolute atomic E-state index is 1.15. The molecule has 0 spiro atoms. The molecule has 0 atom stereocenters. The van der Waals surface area contributed by atoms with E-state index in [0.717, 1.165) is 12.8 Å². The average molecular weight is 270 g/mol. The first-order valence-corrected chi connectivity index (χ1v) is 5.34. The van der Waals surface area contributed by atoms with Crippen LogP contribution < -0.4 is 0 Å². The third-order valence-corrected chi connectivity index (χ3v) is 3.52. The molecule has 0 heterocycles. The smallest absolute Gasteiger partial charge is 0.00517 e. The Labute approximate surface area is 80.3 Å². The molecule has 0 rings (SSSR count). The van der Waals surface area contributed by atoms with Crippen molar-refractivity contribution in [3.8, 4) is 0 Å². The Balaban J connectivity index is 3.79. The van der Waals surface area contributed by atoms with Gasteiger partial charge in [-0.3, -0.25) is 0 Å². The number of halogens is 2. The van der Waals surface area contributed by atoms with Crippen LogP contribution >= 0.6 is 31.9 Å². The summed E-state index contributed by atoms with van der Waals surface area (Å²) in [4.78, 5) is 0. The third-order valence-electron chi connectivity index (χ3n) is 1.23. The van der Waals surface area contributed by atoms with Crippen LogP contribution in [-0.2, 0) is 0 Å². The SMILES string of the molecule is CCCC(Br)=C(Br)CCC. The van der Waals surface area contributed by atoms with Crippen LogP contribution in [0.2, 0.25) is 0 Å². The van der Waals surface area contributed by atoms with E-state index in [0.29, 0.717) is 0 Å². The van der Waals surface area contributed by atoms with Gasteiger partial charge in [0.15, 0.2) is 0 Å².